The van der Waals surface area contributed by atoms with E-state index in [0.717, 1.165) is 31.4 Å². The maximum atomic E-state index is 8.92. The van der Waals surface area contributed by atoms with Crippen LogP contribution in [0.15, 0.2) is 77.4 Å². The van der Waals surface area contributed by atoms with E-state index in [1.54, 1.807) is 0 Å². The second-order valence-corrected chi connectivity index (χ2v) is 8.80. The van der Waals surface area contributed by atoms with Crippen LogP contribution in [0.5, 0.6) is 0 Å². The Morgan fingerprint density at radius 1 is 0.946 bits per heavy atom. The maximum Gasteiger partial charge on any atom is 0.145 e. The van der Waals surface area contributed by atoms with Crippen molar-refractivity contribution in [2.75, 3.05) is 13.7 Å². The summed E-state index contributed by atoms with van der Waals surface area (Å²) in [6.07, 6.45) is 14.9. The zero-order chi connectivity index (χ0) is 28.1. The molecule has 0 aliphatic rings. The molecule has 2 rings (SSSR count). The average Bonchev–Trinajstić information content (AvgIpc) is 2.93. The standard InChI is InChI=1S/C29H35N.C3H8.C2H4O2/c1-7-22(4)28(20-25-13-15-26(16-14-25)21-30-6)18-17-27(9-3)23(5)29-12-10-11-24(8-2)19-29;1-3-2;3-1-2-4/h2,10-19,30H,7,9,20-21H2,1,3-6H3;3H2,1-2H3;1,4H,2H2/b18-17-,27-23+,28-22-;;. The van der Waals surface area contributed by atoms with Gasteiger partial charge >= 0.3 is 0 Å². The lowest BCUT2D eigenvalue weighted by Crippen LogP contribution is -2.04. The third-order valence-corrected chi connectivity index (χ3v) is 5.76. The minimum absolute atomic E-state index is 0.361. The number of benzene rings is 2. The van der Waals surface area contributed by atoms with Crippen molar-refractivity contribution in [3.05, 3.63) is 99.7 Å². The van der Waals surface area contributed by atoms with Crippen LogP contribution in [0.1, 0.15) is 83.1 Å². The predicted molar refractivity (Wildman–Crippen MR) is 161 cm³/mol. The first-order valence-corrected chi connectivity index (χ1v) is 13.3. The van der Waals surface area contributed by atoms with E-state index < -0.39 is 0 Å². The number of nitrogens with one attached hydrogen (secondary N) is 1. The Balaban J connectivity index is 0.00000165. The van der Waals surface area contributed by atoms with E-state index >= 15 is 0 Å². The highest BCUT2D eigenvalue weighted by atomic mass is 16.3. The molecule has 200 valence electrons. The molecule has 0 amide bonds. The van der Waals surface area contributed by atoms with E-state index in [1.807, 2.05) is 19.2 Å². The van der Waals surface area contributed by atoms with E-state index in [1.165, 1.54) is 45.4 Å². The molecule has 2 aromatic carbocycles. The van der Waals surface area contributed by atoms with E-state index in [4.69, 9.17) is 16.3 Å². The van der Waals surface area contributed by atoms with Crippen LogP contribution < -0.4 is 5.32 Å². The fourth-order valence-corrected chi connectivity index (χ4v) is 3.51. The van der Waals surface area contributed by atoms with Crippen molar-refractivity contribution in [2.45, 2.75) is 73.8 Å². The molecule has 2 aromatic rings. The normalized spacial score (nSPS) is 11.8. The smallest absolute Gasteiger partial charge is 0.145 e. The Morgan fingerprint density at radius 2 is 1.51 bits per heavy atom. The van der Waals surface area contributed by atoms with Crippen LogP contribution in [0, 0.1) is 12.3 Å². The number of carbonyl (C=O) groups excluding carboxylic acids is 1. The highest BCUT2D eigenvalue weighted by Crippen LogP contribution is 2.24. The molecule has 0 saturated carbocycles. The fraction of sp³-hybridized carbons (Fsp3) is 0.382. The van der Waals surface area contributed by atoms with Crippen LogP contribution in [-0.2, 0) is 17.8 Å². The lowest BCUT2D eigenvalue weighted by Gasteiger charge is -2.11. The summed E-state index contributed by atoms with van der Waals surface area (Å²) in [5.41, 5.74) is 10.3. The Labute approximate surface area is 226 Å². The summed E-state index contributed by atoms with van der Waals surface area (Å²) >= 11 is 0. The van der Waals surface area contributed by atoms with Crippen molar-refractivity contribution in [2.24, 2.45) is 0 Å². The molecule has 0 aliphatic heterocycles. The summed E-state index contributed by atoms with van der Waals surface area (Å²) in [7, 11) is 1.98. The summed E-state index contributed by atoms with van der Waals surface area (Å²) in [5.74, 6) is 2.74. The van der Waals surface area contributed by atoms with Crippen molar-refractivity contribution < 1.29 is 9.90 Å². The molecule has 0 bridgehead atoms. The molecule has 0 aromatic heterocycles. The summed E-state index contributed by atoms with van der Waals surface area (Å²) in [4.78, 5) is 8.92. The molecule has 0 unspecified atom stereocenters. The SMILES string of the molecule is C#Cc1cccc(/C(C)=C(/C=C\C(Cc2ccc(CNC)cc2)=C(/C)CC)CC)c1.CCC.O=CCO. The molecule has 0 radical (unpaired) electrons. The molecule has 37 heavy (non-hydrogen) atoms. The van der Waals surface area contributed by atoms with Crippen molar-refractivity contribution in [1.82, 2.24) is 5.32 Å². The van der Waals surface area contributed by atoms with Gasteiger partial charge in [0.1, 0.15) is 6.29 Å². The van der Waals surface area contributed by atoms with Crippen LogP contribution in [0.25, 0.3) is 5.57 Å². The lowest BCUT2D eigenvalue weighted by atomic mass is 9.94. The van der Waals surface area contributed by atoms with E-state index in [-0.39, 0.29) is 6.61 Å². The van der Waals surface area contributed by atoms with Gasteiger partial charge in [-0.05, 0) is 85.7 Å². The molecule has 3 nitrogen and oxygen atoms in total. The Hall–Kier alpha value is -3.19. The first-order chi connectivity index (χ1) is 17.8. The van der Waals surface area contributed by atoms with Gasteiger partial charge in [0, 0.05) is 12.1 Å². The van der Waals surface area contributed by atoms with Crippen molar-refractivity contribution in [3.8, 4) is 12.3 Å². The third kappa shape index (κ3) is 13.6. The topological polar surface area (TPSA) is 49.3 Å². The molecule has 2 N–H and O–H groups in total. The summed E-state index contributed by atoms with van der Waals surface area (Å²) in [6, 6.07) is 17.2. The van der Waals surface area contributed by atoms with Crippen LogP contribution in [-0.4, -0.2) is 25.0 Å². The molecule has 3 heteroatoms. The van der Waals surface area contributed by atoms with E-state index in [0.29, 0.717) is 6.29 Å². The van der Waals surface area contributed by atoms with Gasteiger partial charge in [-0.3, -0.25) is 0 Å². The molecule has 0 spiro atoms. The number of hydrogen-bond acceptors (Lipinski definition) is 3. The average molecular weight is 502 g/mol. The summed E-state index contributed by atoms with van der Waals surface area (Å²) in [6.45, 7) is 13.7. The largest absolute Gasteiger partial charge is 0.389 e. The van der Waals surface area contributed by atoms with Gasteiger partial charge in [-0.2, -0.15) is 0 Å². The van der Waals surface area contributed by atoms with Crippen molar-refractivity contribution in [3.63, 3.8) is 0 Å². The monoisotopic (exact) mass is 501 g/mol. The van der Waals surface area contributed by atoms with E-state index in [2.05, 4.69) is 101 Å². The number of aliphatic hydroxyl groups is 1. The van der Waals surface area contributed by atoms with E-state index in [9.17, 15) is 0 Å². The van der Waals surface area contributed by atoms with Crippen molar-refractivity contribution in [1.29, 1.82) is 0 Å². The number of aldehydes is 1. The number of rotatable bonds is 10. The Morgan fingerprint density at radius 3 is 2.00 bits per heavy atom. The fourth-order valence-electron chi connectivity index (χ4n) is 3.51. The first kappa shape index (κ1) is 33.8. The number of hydrogen-bond donors (Lipinski definition) is 2. The number of allylic oxidation sites excluding steroid dienone is 6. The second-order valence-electron chi connectivity index (χ2n) is 8.80. The zero-order valence-corrected chi connectivity index (χ0v) is 24.0. The second kappa shape index (κ2) is 20.9. The number of carbonyl (C=O) groups is 1. The van der Waals surface area contributed by atoms with Gasteiger partial charge in [0.05, 0.1) is 6.61 Å². The Bertz CT molecular complexity index is 1050. The predicted octanol–water partition coefficient (Wildman–Crippen LogP) is 7.69. The molecule has 0 fully saturated rings. The van der Waals surface area contributed by atoms with Gasteiger partial charge < -0.3 is 15.2 Å². The quantitative estimate of drug-likeness (QED) is 0.199. The van der Waals surface area contributed by atoms with Gasteiger partial charge in [-0.15, -0.1) is 6.42 Å². The lowest BCUT2D eigenvalue weighted by molar-refractivity contribution is -0.110. The zero-order valence-electron chi connectivity index (χ0n) is 24.0. The minimum Gasteiger partial charge on any atom is -0.389 e. The Kier molecular flexibility index (Phi) is 19.1. The first-order valence-electron chi connectivity index (χ1n) is 13.3. The van der Waals surface area contributed by atoms with Crippen LogP contribution in [0.2, 0.25) is 0 Å². The number of aliphatic hydroxyl groups excluding tert-OH is 1. The van der Waals surface area contributed by atoms with Gasteiger partial charge in [0.15, 0.2) is 0 Å². The molecular weight excluding hydrogens is 454 g/mol. The number of terminal acetylenes is 1. The highest BCUT2D eigenvalue weighted by Gasteiger charge is 2.05. The molecular formula is C34H47NO2. The molecule has 0 heterocycles. The third-order valence-electron chi connectivity index (χ3n) is 5.76. The van der Waals surface area contributed by atoms with Crippen molar-refractivity contribution >= 4 is 11.9 Å². The van der Waals surface area contributed by atoms with Gasteiger partial charge in [0.2, 0.25) is 0 Å². The maximum absolute atomic E-state index is 8.92. The van der Waals surface area contributed by atoms with Crippen LogP contribution >= 0.6 is 0 Å². The summed E-state index contributed by atoms with van der Waals surface area (Å²) < 4.78 is 0. The van der Waals surface area contributed by atoms with Crippen LogP contribution in [0.3, 0.4) is 0 Å². The minimum atomic E-state index is -0.361. The van der Waals surface area contributed by atoms with Gasteiger partial charge in [0.25, 0.3) is 0 Å². The molecule has 0 aliphatic carbocycles. The molecule has 0 saturated heterocycles. The molecule has 0 atom stereocenters. The highest BCUT2D eigenvalue weighted by molar-refractivity contribution is 5.70. The summed E-state index contributed by atoms with van der Waals surface area (Å²) in [5, 5.41) is 10.7. The van der Waals surface area contributed by atoms with Gasteiger partial charge in [-0.25, -0.2) is 0 Å². The van der Waals surface area contributed by atoms with Gasteiger partial charge in [-0.1, -0.05) is 94.2 Å². The van der Waals surface area contributed by atoms with Crippen LogP contribution in [0.4, 0.5) is 0 Å².